The van der Waals surface area contributed by atoms with Crippen LogP contribution < -0.4 is 0 Å². The fourth-order valence-corrected chi connectivity index (χ4v) is 5.35. The number of fused-ring (bicyclic) bond motifs is 2. The van der Waals surface area contributed by atoms with Gasteiger partial charge in [-0.1, -0.05) is 42.5 Å². The summed E-state index contributed by atoms with van der Waals surface area (Å²) in [5, 5.41) is 10.3. The van der Waals surface area contributed by atoms with Gasteiger partial charge in [0, 0.05) is 25.2 Å². The van der Waals surface area contributed by atoms with Crippen molar-refractivity contribution in [3.8, 4) is 0 Å². The van der Waals surface area contributed by atoms with Crippen LogP contribution in [0.4, 0.5) is 0 Å². The maximum absolute atomic E-state index is 13.3. The van der Waals surface area contributed by atoms with Crippen LogP contribution in [-0.4, -0.2) is 77.4 Å². The predicted molar refractivity (Wildman–Crippen MR) is 126 cm³/mol. The molecule has 2 saturated heterocycles. The van der Waals surface area contributed by atoms with Crippen molar-refractivity contribution >= 4 is 11.8 Å². The normalized spacial score (nSPS) is 27.2. The molecule has 7 heteroatoms. The third-order valence-electron chi connectivity index (χ3n) is 7.15. The zero-order valence-electron chi connectivity index (χ0n) is 19.3. The molecule has 0 saturated carbocycles. The van der Waals surface area contributed by atoms with Crippen LogP contribution in [0.5, 0.6) is 0 Å². The number of β-amino-alcohol motifs (C(OH)–C–C–N with tert-alkyl or cyclic N) is 1. The monoisotopic (exact) mass is 464 g/mol. The number of amides is 2. The van der Waals surface area contributed by atoms with E-state index in [-0.39, 0.29) is 43.2 Å². The number of hydrogen-bond donors (Lipinski definition) is 1. The number of carbonyl (C=O) groups excluding carboxylic acids is 2. The lowest BCUT2D eigenvalue weighted by molar-refractivity contribution is -0.155. The molecule has 1 N–H and O–H groups in total. The molecule has 2 aromatic carbocycles. The number of aliphatic hydroxyl groups is 1. The summed E-state index contributed by atoms with van der Waals surface area (Å²) in [5.41, 5.74) is 3.13. The molecule has 0 aromatic heterocycles. The zero-order chi connectivity index (χ0) is 23.5. The molecule has 2 aromatic rings. The van der Waals surface area contributed by atoms with Gasteiger partial charge in [-0.05, 0) is 42.5 Å². The van der Waals surface area contributed by atoms with Crippen LogP contribution in [0.1, 0.15) is 40.7 Å². The number of carbonyl (C=O) groups is 2. The molecule has 4 atom stereocenters. The first kappa shape index (κ1) is 23.0. The van der Waals surface area contributed by atoms with Crippen LogP contribution >= 0.6 is 0 Å². The average molecular weight is 465 g/mol. The molecule has 0 aliphatic carbocycles. The molecule has 0 radical (unpaired) electrons. The van der Waals surface area contributed by atoms with Gasteiger partial charge in [0.25, 0.3) is 5.91 Å². The van der Waals surface area contributed by atoms with E-state index in [0.29, 0.717) is 38.0 Å². The SMILES string of the molecule is O=C(C[C@@H]1CC[C@H]2[C@@H](COC[C@@H](O)CN2C(=O)c2ccccc2)O1)N1CCc2ccccc2C1. The fourth-order valence-electron chi connectivity index (χ4n) is 5.35. The Balaban J connectivity index is 1.25. The van der Waals surface area contributed by atoms with Crippen LogP contribution in [0.15, 0.2) is 54.6 Å². The van der Waals surface area contributed by atoms with Crippen molar-refractivity contribution in [2.24, 2.45) is 0 Å². The van der Waals surface area contributed by atoms with Gasteiger partial charge < -0.3 is 24.4 Å². The summed E-state index contributed by atoms with van der Waals surface area (Å²) in [6, 6.07) is 17.2. The van der Waals surface area contributed by atoms with E-state index in [1.807, 2.05) is 35.2 Å². The van der Waals surface area contributed by atoms with Gasteiger partial charge in [-0.2, -0.15) is 0 Å². The van der Waals surface area contributed by atoms with Crippen LogP contribution in [0.25, 0.3) is 0 Å². The number of hydrogen-bond acceptors (Lipinski definition) is 5. The molecule has 0 spiro atoms. The molecule has 3 aliphatic heterocycles. The molecule has 7 nitrogen and oxygen atoms in total. The van der Waals surface area contributed by atoms with Gasteiger partial charge in [-0.15, -0.1) is 0 Å². The van der Waals surface area contributed by atoms with E-state index in [1.54, 1.807) is 17.0 Å². The Kier molecular flexibility index (Phi) is 6.94. The third kappa shape index (κ3) is 5.02. The Labute approximate surface area is 200 Å². The molecule has 0 unspecified atom stereocenters. The van der Waals surface area contributed by atoms with Gasteiger partial charge in [-0.25, -0.2) is 0 Å². The molecule has 2 amide bonds. The van der Waals surface area contributed by atoms with Crippen molar-refractivity contribution < 1.29 is 24.2 Å². The molecule has 5 rings (SSSR count). The van der Waals surface area contributed by atoms with Crippen molar-refractivity contribution in [1.29, 1.82) is 0 Å². The molecule has 2 fully saturated rings. The minimum atomic E-state index is -0.741. The highest BCUT2D eigenvalue weighted by atomic mass is 16.5. The van der Waals surface area contributed by atoms with Crippen molar-refractivity contribution in [3.63, 3.8) is 0 Å². The van der Waals surface area contributed by atoms with Crippen LogP contribution in [0.2, 0.25) is 0 Å². The van der Waals surface area contributed by atoms with Crippen molar-refractivity contribution in [3.05, 3.63) is 71.3 Å². The average Bonchev–Trinajstić information content (AvgIpc) is 2.86. The van der Waals surface area contributed by atoms with E-state index in [2.05, 4.69) is 12.1 Å². The second-order valence-corrected chi connectivity index (χ2v) is 9.49. The molecular weight excluding hydrogens is 432 g/mol. The summed E-state index contributed by atoms with van der Waals surface area (Å²) < 4.78 is 12.1. The first-order chi connectivity index (χ1) is 16.6. The molecular formula is C27H32N2O5. The third-order valence-corrected chi connectivity index (χ3v) is 7.15. The van der Waals surface area contributed by atoms with Crippen LogP contribution in [0.3, 0.4) is 0 Å². The molecule has 34 heavy (non-hydrogen) atoms. The van der Waals surface area contributed by atoms with Gasteiger partial charge in [-0.3, -0.25) is 9.59 Å². The number of nitrogens with zero attached hydrogens (tertiary/aromatic N) is 2. The highest BCUT2D eigenvalue weighted by molar-refractivity contribution is 5.94. The molecule has 3 aliphatic rings. The lowest BCUT2D eigenvalue weighted by Gasteiger charge is -2.44. The van der Waals surface area contributed by atoms with E-state index in [4.69, 9.17) is 9.47 Å². The minimum absolute atomic E-state index is 0.109. The number of ether oxygens (including phenoxy) is 2. The van der Waals surface area contributed by atoms with Crippen molar-refractivity contribution in [1.82, 2.24) is 9.80 Å². The Morgan fingerprint density at radius 3 is 2.56 bits per heavy atom. The number of aliphatic hydroxyl groups excluding tert-OH is 1. The molecule has 180 valence electrons. The highest BCUT2D eigenvalue weighted by Gasteiger charge is 2.40. The summed E-state index contributed by atoms with van der Waals surface area (Å²) >= 11 is 0. The Morgan fingerprint density at radius 2 is 1.74 bits per heavy atom. The van der Waals surface area contributed by atoms with Crippen molar-refractivity contribution in [2.75, 3.05) is 26.3 Å². The van der Waals surface area contributed by atoms with E-state index < -0.39 is 6.10 Å². The summed E-state index contributed by atoms with van der Waals surface area (Å²) in [6.45, 7) is 2.03. The van der Waals surface area contributed by atoms with E-state index in [0.717, 1.165) is 13.0 Å². The van der Waals surface area contributed by atoms with E-state index in [1.165, 1.54) is 11.1 Å². The largest absolute Gasteiger partial charge is 0.389 e. The molecule has 0 bridgehead atoms. The first-order valence-corrected chi connectivity index (χ1v) is 12.2. The second kappa shape index (κ2) is 10.3. The second-order valence-electron chi connectivity index (χ2n) is 9.49. The Bertz CT molecular complexity index is 1010. The van der Waals surface area contributed by atoms with Gasteiger partial charge in [0.1, 0.15) is 6.10 Å². The number of benzene rings is 2. The summed E-state index contributed by atoms with van der Waals surface area (Å²) in [7, 11) is 0. The smallest absolute Gasteiger partial charge is 0.254 e. The first-order valence-electron chi connectivity index (χ1n) is 12.2. The minimum Gasteiger partial charge on any atom is -0.389 e. The summed E-state index contributed by atoms with van der Waals surface area (Å²) in [4.78, 5) is 30.0. The highest BCUT2D eigenvalue weighted by Crippen LogP contribution is 2.30. The number of rotatable bonds is 3. The van der Waals surface area contributed by atoms with E-state index in [9.17, 15) is 14.7 Å². The molecule has 3 heterocycles. The quantitative estimate of drug-likeness (QED) is 0.755. The van der Waals surface area contributed by atoms with Crippen LogP contribution in [-0.2, 0) is 27.2 Å². The summed E-state index contributed by atoms with van der Waals surface area (Å²) in [6.07, 6.45) is 1.34. The zero-order valence-corrected chi connectivity index (χ0v) is 19.3. The van der Waals surface area contributed by atoms with Gasteiger partial charge in [0.05, 0.1) is 37.9 Å². The predicted octanol–water partition coefficient (Wildman–Crippen LogP) is 2.41. The fraction of sp³-hybridized carbons (Fsp3) is 0.481. The van der Waals surface area contributed by atoms with Crippen molar-refractivity contribution in [2.45, 2.75) is 56.6 Å². The van der Waals surface area contributed by atoms with Gasteiger partial charge in [0.2, 0.25) is 5.91 Å². The van der Waals surface area contributed by atoms with E-state index >= 15 is 0 Å². The van der Waals surface area contributed by atoms with Gasteiger partial charge >= 0.3 is 0 Å². The lowest BCUT2D eigenvalue weighted by atomic mass is 9.93. The van der Waals surface area contributed by atoms with Gasteiger partial charge in [0.15, 0.2) is 0 Å². The maximum Gasteiger partial charge on any atom is 0.254 e. The standard InChI is InChI=1S/C27H32N2O5/c30-22-16-29(27(32)20-7-2-1-3-8-20)24-11-10-23(34-25(24)18-33-17-22)14-26(31)28-13-12-19-6-4-5-9-21(19)15-28/h1-9,22-25,30H,10-18H2/t22-,23-,24-,25+/m0/s1. The lowest BCUT2D eigenvalue weighted by Crippen LogP contribution is -2.57. The topological polar surface area (TPSA) is 79.3 Å². The maximum atomic E-state index is 13.3. The Hall–Kier alpha value is -2.74. The Morgan fingerprint density at radius 1 is 0.971 bits per heavy atom. The van der Waals surface area contributed by atoms with Crippen LogP contribution in [0, 0.1) is 0 Å². The summed E-state index contributed by atoms with van der Waals surface area (Å²) in [5.74, 6) is -0.000913.